The zero-order valence-corrected chi connectivity index (χ0v) is 12.5. The van der Waals surface area contributed by atoms with Crippen LogP contribution in [0.15, 0.2) is 41.2 Å². The van der Waals surface area contributed by atoms with Gasteiger partial charge in [0.2, 0.25) is 0 Å². The van der Waals surface area contributed by atoms with E-state index in [1.54, 1.807) is 12.1 Å². The van der Waals surface area contributed by atoms with Crippen molar-refractivity contribution in [2.45, 2.75) is 32.7 Å². The van der Waals surface area contributed by atoms with Crippen LogP contribution in [0.25, 0.3) is 11.3 Å². The Labute approximate surface area is 125 Å². The van der Waals surface area contributed by atoms with Crippen molar-refractivity contribution >= 4 is 5.69 Å². The number of anilines is 1. The third kappa shape index (κ3) is 2.99. The first-order chi connectivity index (χ1) is 10.3. The highest BCUT2D eigenvalue weighted by atomic mass is 16.1. The van der Waals surface area contributed by atoms with Gasteiger partial charge in [0, 0.05) is 37.0 Å². The van der Waals surface area contributed by atoms with E-state index in [-0.39, 0.29) is 5.56 Å². The summed E-state index contributed by atoms with van der Waals surface area (Å²) in [6, 6.07) is 11.9. The Kier molecular flexibility index (Phi) is 4.04. The molecule has 1 aliphatic heterocycles. The van der Waals surface area contributed by atoms with Gasteiger partial charge >= 0.3 is 0 Å². The molecule has 1 aromatic heterocycles. The molecule has 2 aromatic rings. The summed E-state index contributed by atoms with van der Waals surface area (Å²) in [6.45, 7) is 4.83. The molecule has 0 unspecified atom stereocenters. The van der Waals surface area contributed by atoms with E-state index >= 15 is 0 Å². The fourth-order valence-electron chi connectivity index (χ4n) is 2.82. The van der Waals surface area contributed by atoms with Gasteiger partial charge in [0.15, 0.2) is 0 Å². The van der Waals surface area contributed by atoms with Gasteiger partial charge in [0.25, 0.3) is 5.56 Å². The summed E-state index contributed by atoms with van der Waals surface area (Å²) in [5, 5.41) is 4.39. The molecule has 0 spiro atoms. The van der Waals surface area contributed by atoms with Gasteiger partial charge in [-0.2, -0.15) is 5.10 Å². The summed E-state index contributed by atoms with van der Waals surface area (Å²) >= 11 is 0. The third-order valence-corrected chi connectivity index (χ3v) is 4.05. The predicted octanol–water partition coefficient (Wildman–Crippen LogP) is 2.92. The standard InChI is InChI=1S/C17H21N3O/c1-2-20-17(21)11-10-16(18-20)14-6-8-15(9-7-14)19-12-4-3-5-13-19/h6-11H,2-5,12-13H2,1H3. The van der Waals surface area contributed by atoms with Gasteiger partial charge < -0.3 is 4.90 Å². The summed E-state index contributed by atoms with van der Waals surface area (Å²) in [5.74, 6) is 0. The van der Waals surface area contributed by atoms with Crippen molar-refractivity contribution in [1.29, 1.82) is 0 Å². The van der Waals surface area contributed by atoms with Crippen molar-refractivity contribution in [3.63, 3.8) is 0 Å². The lowest BCUT2D eigenvalue weighted by Crippen LogP contribution is -2.29. The lowest BCUT2D eigenvalue weighted by molar-refractivity contribution is 0.578. The van der Waals surface area contributed by atoms with Crippen LogP contribution in [0.3, 0.4) is 0 Å². The molecule has 0 bridgehead atoms. The molecule has 2 heterocycles. The predicted molar refractivity (Wildman–Crippen MR) is 85.7 cm³/mol. The second-order valence-corrected chi connectivity index (χ2v) is 5.47. The van der Waals surface area contributed by atoms with Crippen molar-refractivity contribution in [3.8, 4) is 11.3 Å². The Balaban J connectivity index is 1.85. The molecule has 1 aliphatic rings. The van der Waals surface area contributed by atoms with E-state index in [9.17, 15) is 4.79 Å². The Hall–Kier alpha value is -2.10. The molecule has 0 amide bonds. The lowest BCUT2D eigenvalue weighted by Gasteiger charge is -2.28. The van der Waals surface area contributed by atoms with Crippen LogP contribution in [0, 0.1) is 0 Å². The van der Waals surface area contributed by atoms with E-state index in [4.69, 9.17) is 0 Å². The third-order valence-electron chi connectivity index (χ3n) is 4.05. The molecule has 0 saturated carbocycles. The van der Waals surface area contributed by atoms with E-state index in [2.05, 4.69) is 34.3 Å². The maximum absolute atomic E-state index is 11.6. The van der Waals surface area contributed by atoms with Crippen LogP contribution >= 0.6 is 0 Å². The number of hydrogen-bond acceptors (Lipinski definition) is 3. The minimum Gasteiger partial charge on any atom is -0.372 e. The van der Waals surface area contributed by atoms with Gasteiger partial charge in [-0.25, -0.2) is 4.68 Å². The fraction of sp³-hybridized carbons (Fsp3) is 0.412. The molecule has 1 aromatic carbocycles. The molecule has 4 nitrogen and oxygen atoms in total. The SMILES string of the molecule is CCn1nc(-c2ccc(N3CCCCC3)cc2)ccc1=O. The normalized spacial score (nSPS) is 15.2. The lowest BCUT2D eigenvalue weighted by atomic mass is 10.1. The average Bonchev–Trinajstić information content (AvgIpc) is 2.56. The van der Waals surface area contributed by atoms with E-state index in [1.807, 2.05) is 6.92 Å². The van der Waals surface area contributed by atoms with E-state index in [0.717, 1.165) is 24.3 Å². The molecule has 3 rings (SSSR count). The summed E-state index contributed by atoms with van der Waals surface area (Å²) in [5.41, 5.74) is 3.13. The number of piperidine rings is 1. The molecule has 110 valence electrons. The molecular weight excluding hydrogens is 262 g/mol. The van der Waals surface area contributed by atoms with Gasteiger partial charge in [-0.05, 0) is 44.4 Å². The summed E-state index contributed by atoms with van der Waals surface area (Å²) < 4.78 is 1.49. The number of nitrogens with zero attached hydrogens (tertiary/aromatic N) is 3. The summed E-state index contributed by atoms with van der Waals surface area (Å²) in [7, 11) is 0. The zero-order valence-electron chi connectivity index (χ0n) is 12.5. The molecule has 0 atom stereocenters. The minimum atomic E-state index is -0.0498. The van der Waals surface area contributed by atoms with Crippen LogP contribution in [-0.4, -0.2) is 22.9 Å². The van der Waals surface area contributed by atoms with Crippen LogP contribution in [0.2, 0.25) is 0 Å². The molecular formula is C17H21N3O. The van der Waals surface area contributed by atoms with Crippen LogP contribution in [0.1, 0.15) is 26.2 Å². The smallest absolute Gasteiger partial charge is 0.266 e. The van der Waals surface area contributed by atoms with Crippen molar-refractivity contribution in [2.24, 2.45) is 0 Å². The van der Waals surface area contributed by atoms with Gasteiger partial charge in [-0.15, -0.1) is 0 Å². The highest BCUT2D eigenvalue weighted by Crippen LogP contribution is 2.23. The number of aromatic nitrogens is 2. The Morgan fingerprint density at radius 1 is 1.00 bits per heavy atom. The van der Waals surface area contributed by atoms with Gasteiger partial charge in [-0.1, -0.05) is 12.1 Å². The molecule has 0 aliphatic carbocycles. The molecule has 0 N–H and O–H groups in total. The van der Waals surface area contributed by atoms with E-state index in [1.165, 1.54) is 29.6 Å². The molecule has 21 heavy (non-hydrogen) atoms. The van der Waals surface area contributed by atoms with E-state index in [0.29, 0.717) is 6.54 Å². The molecule has 4 heteroatoms. The molecule has 1 fully saturated rings. The van der Waals surface area contributed by atoms with Crippen molar-refractivity contribution in [1.82, 2.24) is 9.78 Å². The zero-order chi connectivity index (χ0) is 14.7. The van der Waals surface area contributed by atoms with Crippen LogP contribution in [0.5, 0.6) is 0 Å². The maximum Gasteiger partial charge on any atom is 0.266 e. The Morgan fingerprint density at radius 2 is 1.71 bits per heavy atom. The first-order valence-electron chi connectivity index (χ1n) is 7.71. The Bertz CT molecular complexity index is 654. The Morgan fingerprint density at radius 3 is 2.38 bits per heavy atom. The van der Waals surface area contributed by atoms with Gasteiger partial charge in [0.05, 0.1) is 5.69 Å². The quantitative estimate of drug-likeness (QED) is 0.869. The topological polar surface area (TPSA) is 38.1 Å². The molecule has 0 radical (unpaired) electrons. The second kappa shape index (κ2) is 6.12. The number of benzene rings is 1. The van der Waals surface area contributed by atoms with Crippen LogP contribution < -0.4 is 10.5 Å². The van der Waals surface area contributed by atoms with Crippen LogP contribution in [-0.2, 0) is 6.54 Å². The summed E-state index contributed by atoms with van der Waals surface area (Å²) in [6.07, 6.45) is 3.91. The highest BCUT2D eigenvalue weighted by Gasteiger charge is 2.11. The maximum atomic E-state index is 11.6. The number of aryl methyl sites for hydroxylation is 1. The first-order valence-corrected chi connectivity index (χ1v) is 7.71. The molecule has 1 saturated heterocycles. The number of hydrogen-bond donors (Lipinski definition) is 0. The fourth-order valence-corrected chi connectivity index (χ4v) is 2.82. The van der Waals surface area contributed by atoms with Gasteiger partial charge in [0.1, 0.15) is 0 Å². The van der Waals surface area contributed by atoms with Crippen LogP contribution in [0.4, 0.5) is 5.69 Å². The van der Waals surface area contributed by atoms with Crippen molar-refractivity contribution in [3.05, 3.63) is 46.8 Å². The highest BCUT2D eigenvalue weighted by molar-refractivity contribution is 5.62. The van der Waals surface area contributed by atoms with Crippen molar-refractivity contribution in [2.75, 3.05) is 18.0 Å². The van der Waals surface area contributed by atoms with E-state index < -0.39 is 0 Å². The second-order valence-electron chi connectivity index (χ2n) is 5.47. The van der Waals surface area contributed by atoms with Gasteiger partial charge in [-0.3, -0.25) is 4.79 Å². The van der Waals surface area contributed by atoms with Crippen molar-refractivity contribution < 1.29 is 0 Å². The monoisotopic (exact) mass is 283 g/mol. The largest absolute Gasteiger partial charge is 0.372 e. The summed E-state index contributed by atoms with van der Waals surface area (Å²) in [4.78, 5) is 14.0. The number of rotatable bonds is 3. The average molecular weight is 283 g/mol. The first kappa shape index (κ1) is 13.9. The minimum absolute atomic E-state index is 0.0498.